The maximum Gasteiger partial charge on any atom is 0.0225 e. The standard InChI is InChI=1S/2C18H24N2O2.4O.2W/c2*1-19(13-15-7-3-5-9-17(15)21)11-12-20(2)14-16-8-4-6-10-18(16)22;;;;;;/h2*3-10,21-22H,11-14H2,1-2H3;;;;;;/q;;4*-2;;/p-4. The van der Waals surface area contributed by atoms with Gasteiger partial charge in [0.1, 0.15) is 0 Å². The fraction of sp³-hybridized carbons (Fsp3) is 0.333. The van der Waals surface area contributed by atoms with E-state index < -0.39 is 0 Å². The van der Waals surface area contributed by atoms with Gasteiger partial charge in [0.15, 0.2) is 0 Å². The molecule has 12 nitrogen and oxygen atoms in total. The number of benzene rings is 4. The molecule has 50 heavy (non-hydrogen) atoms. The van der Waals surface area contributed by atoms with Crippen LogP contribution in [0.2, 0.25) is 0 Å². The Kier molecular flexibility index (Phi) is 31.1. The average molecular weight is 1030 g/mol. The van der Waals surface area contributed by atoms with Crippen molar-refractivity contribution in [2.45, 2.75) is 26.2 Å². The fourth-order valence-corrected chi connectivity index (χ4v) is 4.70. The van der Waals surface area contributed by atoms with Gasteiger partial charge in [0.25, 0.3) is 0 Å². The van der Waals surface area contributed by atoms with E-state index in [2.05, 4.69) is 19.6 Å². The topological polar surface area (TPSA) is 219 Å². The van der Waals surface area contributed by atoms with E-state index in [1.54, 1.807) is 48.5 Å². The second-order valence-electron chi connectivity index (χ2n) is 11.4. The van der Waals surface area contributed by atoms with Gasteiger partial charge in [-0.3, -0.25) is 0 Å². The molecule has 14 heteroatoms. The molecule has 0 saturated carbocycles. The molecule has 0 N–H and O–H groups in total. The van der Waals surface area contributed by atoms with Gasteiger partial charge in [-0.1, -0.05) is 97.1 Å². The van der Waals surface area contributed by atoms with Crippen LogP contribution in [0.5, 0.6) is 23.0 Å². The van der Waals surface area contributed by atoms with Gasteiger partial charge in [-0.25, -0.2) is 0 Å². The molecular formula is C36H44N4O8W2-12. The third kappa shape index (κ3) is 19.5. The van der Waals surface area contributed by atoms with Crippen LogP contribution in [0.15, 0.2) is 97.1 Å². The molecular weight excluding hydrogens is 984 g/mol. The van der Waals surface area contributed by atoms with E-state index in [9.17, 15) is 20.4 Å². The first kappa shape index (κ1) is 53.9. The Morgan fingerprint density at radius 2 is 0.500 bits per heavy atom. The van der Waals surface area contributed by atoms with Gasteiger partial charge in [-0.2, -0.15) is 0 Å². The summed E-state index contributed by atoms with van der Waals surface area (Å²) in [6.45, 7) is 5.93. The van der Waals surface area contributed by atoms with Crippen LogP contribution in [0.1, 0.15) is 22.3 Å². The van der Waals surface area contributed by atoms with Crippen LogP contribution in [0.25, 0.3) is 0 Å². The minimum atomic E-state index is 0. The summed E-state index contributed by atoms with van der Waals surface area (Å²) in [6, 6.07) is 28.5. The smallest absolute Gasteiger partial charge is 0.0225 e. The maximum absolute atomic E-state index is 11.7. The Bertz CT molecular complexity index is 1230. The number of nitrogens with zero attached hydrogens (tertiary/aromatic N) is 4. The number of hydrogen-bond acceptors (Lipinski definition) is 8. The van der Waals surface area contributed by atoms with Crippen molar-refractivity contribution in [3.05, 3.63) is 119 Å². The minimum Gasteiger partial charge on any atom is -2.00 e. The van der Waals surface area contributed by atoms with Crippen LogP contribution < -0.4 is 20.4 Å². The van der Waals surface area contributed by atoms with Crippen LogP contribution in [-0.4, -0.2) is 74.0 Å². The Balaban J connectivity index is -0.000000378. The van der Waals surface area contributed by atoms with Crippen LogP contribution >= 0.6 is 0 Å². The van der Waals surface area contributed by atoms with Crippen LogP contribution in [-0.2, 0) is 90.2 Å². The molecule has 280 valence electrons. The third-order valence-corrected chi connectivity index (χ3v) is 7.38. The van der Waals surface area contributed by atoms with Crippen molar-refractivity contribution in [1.29, 1.82) is 0 Å². The van der Waals surface area contributed by atoms with Gasteiger partial charge in [0.05, 0.1) is 0 Å². The molecule has 0 amide bonds. The number of likely N-dealkylation sites (N-methyl/N-ethyl adjacent to an activating group) is 4. The van der Waals surface area contributed by atoms with Gasteiger partial charge < -0.3 is 61.9 Å². The van der Waals surface area contributed by atoms with Crippen molar-refractivity contribution in [3.63, 3.8) is 0 Å². The molecule has 0 aromatic heterocycles. The minimum absolute atomic E-state index is 0. The first-order valence-electron chi connectivity index (χ1n) is 14.9. The van der Waals surface area contributed by atoms with E-state index in [1.165, 1.54) is 0 Å². The molecule has 0 bridgehead atoms. The van der Waals surface area contributed by atoms with E-state index in [4.69, 9.17) is 0 Å². The third-order valence-electron chi connectivity index (χ3n) is 7.38. The van der Waals surface area contributed by atoms with Gasteiger partial charge in [0.2, 0.25) is 0 Å². The summed E-state index contributed by atoms with van der Waals surface area (Å²) in [5, 5.41) is 46.8. The Morgan fingerprint density at radius 1 is 0.340 bits per heavy atom. The van der Waals surface area contributed by atoms with E-state index in [1.807, 2.05) is 76.7 Å². The van der Waals surface area contributed by atoms with E-state index in [0.29, 0.717) is 26.2 Å². The first-order chi connectivity index (χ1) is 21.1. The summed E-state index contributed by atoms with van der Waals surface area (Å²) in [5.74, 6) is 0.344. The van der Waals surface area contributed by atoms with Crippen molar-refractivity contribution in [2.75, 3.05) is 54.4 Å². The second kappa shape index (κ2) is 28.8. The van der Waals surface area contributed by atoms with Crippen molar-refractivity contribution in [3.8, 4) is 23.0 Å². The summed E-state index contributed by atoms with van der Waals surface area (Å²) in [6.07, 6.45) is 0. The molecule has 0 unspecified atom stereocenters. The normalized spacial score (nSPS) is 9.92. The van der Waals surface area contributed by atoms with Crippen LogP contribution in [0, 0.1) is 0 Å². The molecule has 4 rings (SSSR count). The fourth-order valence-electron chi connectivity index (χ4n) is 4.70. The predicted molar refractivity (Wildman–Crippen MR) is 172 cm³/mol. The molecule has 0 aliphatic heterocycles. The van der Waals surface area contributed by atoms with Crippen molar-refractivity contribution in [2.24, 2.45) is 0 Å². The van der Waals surface area contributed by atoms with Crippen LogP contribution in [0.3, 0.4) is 0 Å². The molecule has 0 heterocycles. The largest absolute Gasteiger partial charge is 2.00 e. The summed E-state index contributed by atoms with van der Waals surface area (Å²) >= 11 is 0. The monoisotopic (exact) mass is 1030 g/mol. The molecule has 0 aliphatic rings. The number of rotatable bonds is 14. The zero-order valence-corrected chi connectivity index (χ0v) is 34.6. The summed E-state index contributed by atoms with van der Waals surface area (Å²) in [4.78, 5) is 8.49. The zero-order chi connectivity index (χ0) is 31.9. The molecule has 0 fully saturated rings. The second-order valence-corrected chi connectivity index (χ2v) is 11.4. The van der Waals surface area contributed by atoms with E-state index >= 15 is 0 Å². The molecule has 0 atom stereocenters. The van der Waals surface area contributed by atoms with Crippen molar-refractivity contribution < 1.29 is 84.5 Å². The van der Waals surface area contributed by atoms with Gasteiger partial charge >= 0.3 is 0 Å². The number of para-hydroxylation sites is 4. The predicted octanol–water partition coefficient (Wildman–Crippen LogP) is 2.32. The molecule has 0 aliphatic carbocycles. The molecule has 0 radical (unpaired) electrons. The summed E-state index contributed by atoms with van der Waals surface area (Å²) < 4.78 is 0. The van der Waals surface area contributed by atoms with Crippen LogP contribution in [0.4, 0.5) is 0 Å². The van der Waals surface area contributed by atoms with Crippen molar-refractivity contribution >= 4 is 0 Å². The molecule has 4 aromatic carbocycles. The Morgan fingerprint density at radius 3 is 0.660 bits per heavy atom. The molecule has 4 aromatic rings. The zero-order valence-electron chi connectivity index (χ0n) is 28.8. The average Bonchev–Trinajstić information content (AvgIpc) is 3.00. The van der Waals surface area contributed by atoms with Gasteiger partial charge in [0, 0.05) is 94.5 Å². The van der Waals surface area contributed by atoms with Gasteiger partial charge in [-0.15, -0.1) is 23.0 Å². The maximum atomic E-state index is 11.7. The summed E-state index contributed by atoms with van der Waals surface area (Å²) in [7, 11) is 8.01. The quantitative estimate of drug-likeness (QED) is 0.182. The SMILES string of the molecule is CN(CCN(C)Cc1ccccc1[O-])Cc1ccccc1[O-].CN(CCN(C)Cc1ccccc1[O-])Cc1ccccc1[O-].[O-2].[O-2].[O-2].[O-2].[W].[W]. The Labute approximate surface area is 325 Å². The van der Waals surface area contributed by atoms with E-state index in [0.717, 1.165) is 48.4 Å². The van der Waals surface area contributed by atoms with Gasteiger partial charge in [-0.05, 0) is 50.4 Å². The molecule has 0 spiro atoms. The van der Waals surface area contributed by atoms with Crippen molar-refractivity contribution in [1.82, 2.24) is 19.6 Å². The van der Waals surface area contributed by atoms with E-state index in [-0.39, 0.29) is 87.0 Å². The number of hydrogen-bond donors (Lipinski definition) is 0. The Hall–Kier alpha value is -2.86. The molecule has 0 saturated heterocycles. The first-order valence-corrected chi connectivity index (χ1v) is 14.9. The summed E-state index contributed by atoms with van der Waals surface area (Å²) in [5.41, 5.74) is 3.27.